The Labute approximate surface area is 89.3 Å². The number of ether oxygens (including phenoxy) is 1. The highest BCUT2D eigenvalue weighted by Gasteiger charge is 2.04. The number of nitrogens with zero attached hydrogens (tertiary/aromatic N) is 1. The third kappa shape index (κ3) is 4.70. The second-order valence-electron chi connectivity index (χ2n) is 1.94. The van der Waals surface area contributed by atoms with E-state index in [-0.39, 0.29) is 30.8 Å². The van der Waals surface area contributed by atoms with Gasteiger partial charge in [0.25, 0.3) is 0 Å². The van der Waals surface area contributed by atoms with Crippen molar-refractivity contribution in [1.29, 1.82) is 0 Å². The first kappa shape index (κ1) is 14.7. The van der Waals surface area contributed by atoms with E-state index in [0.717, 1.165) is 0 Å². The highest BCUT2D eigenvalue weighted by Crippen LogP contribution is 1.95. The molecule has 1 aromatic rings. The molecule has 1 rings (SSSR count). The van der Waals surface area contributed by atoms with Gasteiger partial charge in [-0.2, -0.15) is 0 Å². The molecule has 0 saturated heterocycles. The SMILES string of the molecule is CCOC(=O)c1ccccn1.Cl.Cl. The molecule has 0 atom stereocenters. The maximum atomic E-state index is 11.0. The summed E-state index contributed by atoms with van der Waals surface area (Å²) in [7, 11) is 0. The lowest BCUT2D eigenvalue weighted by atomic mass is 10.4. The summed E-state index contributed by atoms with van der Waals surface area (Å²) in [5, 5.41) is 0. The molecular weight excluding hydrogens is 213 g/mol. The van der Waals surface area contributed by atoms with E-state index < -0.39 is 0 Å². The lowest BCUT2D eigenvalue weighted by molar-refractivity contribution is 0.0519. The molecule has 0 aromatic carbocycles. The van der Waals surface area contributed by atoms with Gasteiger partial charge in [-0.25, -0.2) is 9.78 Å². The zero-order chi connectivity index (χ0) is 8.10. The van der Waals surface area contributed by atoms with Gasteiger partial charge in [0.1, 0.15) is 5.69 Å². The van der Waals surface area contributed by atoms with Crippen LogP contribution < -0.4 is 0 Å². The van der Waals surface area contributed by atoms with Gasteiger partial charge in [-0.1, -0.05) is 6.07 Å². The van der Waals surface area contributed by atoms with Crippen LogP contribution in [-0.2, 0) is 4.74 Å². The summed E-state index contributed by atoms with van der Waals surface area (Å²) in [6.07, 6.45) is 1.56. The summed E-state index contributed by atoms with van der Waals surface area (Å²) in [6, 6.07) is 5.12. The molecule has 0 unspecified atom stereocenters. The lowest BCUT2D eigenvalue weighted by Gasteiger charge is -1.98. The number of aromatic nitrogens is 1. The maximum Gasteiger partial charge on any atom is 0.356 e. The zero-order valence-corrected chi connectivity index (χ0v) is 8.73. The first-order chi connectivity index (χ1) is 5.34. The Bertz CT molecular complexity index is 241. The average molecular weight is 224 g/mol. The third-order valence-electron chi connectivity index (χ3n) is 1.15. The minimum atomic E-state index is -0.367. The molecule has 3 nitrogen and oxygen atoms in total. The monoisotopic (exact) mass is 223 g/mol. The Hall–Kier alpha value is -0.800. The van der Waals surface area contributed by atoms with E-state index in [1.165, 1.54) is 0 Å². The van der Waals surface area contributed by atoms with E-state index in [0.29, 0.717) is 12.3 Å². The second kappa shape index (κ2) is 7.83. The van der Waals surface area contributed by atoms with Crippen molar-refractivity contribution in [3.8, 4) is 0 Å². The van der Waals surface area contributed by atoms with Crippen LogP contribution in [-0.4, -0.2) is 17.6 Å². The van der Waals surface area contributed by atoms with Crippen LogP contribution in [0.15, 0.2) is 24.4 Å². The summed E-state index contributed by atoms with van der Waals surface area (Å²) in [5.74, 6) is -0.367. The third-order valence-corrected chi connectivity index (χ3v) is 1.15. The molecule has 0 aliphatic heterocycles. The Morgan fingerprint density at radius 2 is 2.15 bits per heavy atom. The van der Waals surface area contributed by atoms with Gasteiger partial charge >= 0.3 is 5.97 Å². The standard InChI is InChI=1S/C8H9NO2.2ClH/c1-2-11-8(10)7-5-3-4-6-9-7;;/h3-6H,2H2,1H3;2*1H. The first-order valence-electron chi connectivity index (χ1n) is 3.42. The first-order valence-corrected chi connectivity index (χ1v) is 3.42. The molecule has 74 valence electrons. The average Bonchev–Trinajstić information content (AvgIpc) is 2.07. The van der Waals surface area contributed by atoms with Crippen LogP contribution in [0.25, 0.3) is 0 Å². The molecule has 0 spiro atoms. The van der Waals surface area contributed by atoms with Crippen LogP contribution in [0.5, 0.6) is 0 Å². The van der Waals surface area contributed by atoms with Gasteiger partial charge in [-0.05, 0) is 19.1 Å². The quantitative estimate of drug-likeness (QED) is 0.722. The number of hydrogen-bond acceptors (Lipinski definition) is 3. The van der Waals surface area contributed by atoms with Crippen molar-refractivity contribution in [3.05, 3.63) is 30.1 Å². The maximum absolute atomic E-state index is 11.0. The smallest absolute Gasteiger partial charge is 0.356 e. The van der Waals surface area contributed by atoms with Crippen molar-refractivity contribution in [1.82, 2.24) is 4.98 Å². The molecule has 0 N–H and O–H groups in total. The molecule has 13 heavy (non-hydrogen) atoms. The minimum absolute atomic E-state index is 0. The van der Waals surface area contributed by atoms with E-state index >= 15 is 0 Å². The van der Waals surface area contributed by atoms with Gasteiger partial charge < -0.3 is 4.74 Å². The summed E-state index contributed by atoms with van der Waals surface area (Å²) < 4.78 is 4.73. The Morgan fingerprint density at radius 1 is 1.46 bits per heavy atom. The largest absolute Gasteiger partial charge is 0.461 e. The second-order valence-corrected chi connectivity index (χ2v) is 1.94. The van der Waals surface area contributed by atoms with Crippen molar-refractivity contribution in [3.63, 3.8) is 0 Å². The fourth-order valence-corrected chi connectivity index (χ4v) is 0.689. The van der Waals surface area contributed by atoms with Crippen molar-refractivity contribution in [2.24, 2.45) is 0 Å². The molecule has 0 saturated carbocycles. The van der Waals surface area contributed by atoms with Crippen molar-refractivity contribution in [2.75, 3.05) is 6.61 Å². The van der Waals surface area contributed by atoms with E-state index in [2.05, 4.69) is 4.98 Å². The topological polar surface area (TPSA) is 39.2 Å². The normalized spacial score (nSPS) is 7.77. The summed E-state index contributed by atoms with van der Waals surface area (Å²) in [5.41, 5.74) is 0.356. The van der Waals surface area contributed by atoms with E-state index in [4.69, 9.17) is 4.74 Å². The molecular formula is C8H11Cl2NO2. The van der Waals surface area contributed by atoms with Crippen molar-refractivity contribution >= 4 is 30.8 Å². The molecule has 0 aliphatic carbocycles. The molecule has 5 heteroatoms. The highest BCUT2D eigenvalue weighted by atomic mass is 35.5. The van der Waals surface area contributed by atoms with Crippen LogP contribution in [0, 0.1) is 0 Å². The zero-order valence-electron chi connectivity index (χ0n) is 7.10. The van der Waals surface area contributed by atoms with Crippen LogP contribution in [0.2, 0.25) is 0 Å². The van der Waals surface area contributed by atoms with Crippen LogP contribution in [0.3, 0.4) is 0 Å². The van der Waals surface area contributed by atoms with Crippen molar-refractivity contribution in [2.45, 2.75) is 6.92 Å². The van der Waals surface area contributed by atoms with Gasteiger partial charge in [0, 0.05) is 6.20 Å². The summed E-state index contributed by atoms with van der Waals surface area (Å²) in [4.78, 5) is 14.8. The molecule has 0 radical (unpaired) electrons. The molecule has 1 aromatic heterocycles. The Morgan fingerprint density at radius 3 is 2.62 bits per heavy atom. The number of hydrogen-bond donors (Lipinski definition) is 0. The molecule has 0 bridgehead atoms. The fraction of sp³-hybridized carbons (Fsp3) is 0.250. The van der Waals surface area contributed by atoms with Gasteiger partial charge in [0.2, 0.25) is 0 Å². The number of pyridine rings is 1. The van der Waals surface area contributed by atoms with E-state index in [1.54, 1.807) is 31.3 Å². The van der Waals surface area contributed by atoms with Crippen LogP contribution in [0.4, 0.5) is 0 Å². The fourth-order valence-electron chi connectivity index (χ4n) is 0.689. The number of carbonyl (C=O) groups excluding carboxylic acids is 1. The number of esters is 1. The predicted molar refractivity (Wildman–Crippen MR) is 54.7 cm³/mol. The van der Waals surface area contributed by atoms with Crippen LogP contribution >= 0.6 is 24.8 Å². The number of rotatable bonds is 2. The summed E-state index contributed by atoms with van der Waals surface area (Å²) >= 11 is 0. The predicted octanol–water partition coefficient (Wildman–Crippen LogP) is 2.10. The number of halogens is 2. The van der Waals surface area contributed by atoms with Gasteiger partial charge in [0.05, 0.1) is 6.61 Å². The van der Waals surface area contributed by atoms with Crippen LogP contribution in [0.1, 0.15) is 17.4 Å². The molecule has 0 aliphatic rings. The molecule has 0 amide bonds. The molecule has 0 fully saturated rings. The van der Waals surface area contributed by atoms with Gasteiger partial charge in [-0.15, -0.1) is 24.8 Å². The van der Waals surface area contributed by atoms with E-state index in [9.17, 15) is 4.79 Å². The van der Waals surface area contributed by atoms with Gasteiger partial charge in [0.15, 0.2) is 0 Å². The van der Waals surface area contributed by atoms with Gasteiger partial charge in [-0.3, -0.25) is 0 Å². The Kier molecular flexibility index (Phi) is 8.86. The molecule has 1 heterocycles. The van der Waals surface area contributed by atoms with Crippen molar-refractivity contribution < 1.29 is 9.53 Å². The van der Waals surface area contributed by atoms with E-state index in [1.807, 2.05) is 0 Å². The summed E-state index contributed by atoms with van der Waals surface area (Å²) in [6.45, 7) is 2.15. The lowest BCUT2D eigenvalue weighted by Crippen LogP contribution is -2.05. The number of carbonyl (C=O) groups is 1. The Balaban J connectivity index is 0. The minimum Gasteiger partial charge on any atom is -0.461 e. The highest BCUT2D eigenvalue weighted by molar-refractivity contribution is 5.87.